The van der Waals surface area contributed by atoms with Gasteiger partial charge in [-0.1, -0.05) is 62.0 Å². The summed E-state index contributed by atoms with van der Waals surface area (Å²) < 4.78 is 13.6. The Morgan fingerprint density at radius 1 is 1.16 bits per heavy atom. The van der Waals surface area contributed by atoms with Gasteiger partial charge >= 0.3 is 0 Å². The third-order valence-electron chi connectivity index (χ3n) is 5.92. The van der Waals surface area contributed by atoms with E-state index < -0.39 is 6.04 Å². The van der Waals surface area contributed by atoms with Gasteiger partial charge in [-0.3, -0.25) is 15.2 Å². The summed E-state index contributed by atoms with van der Waals surface area (Å²) in [6.45, 7) is 5.00. The number of rotatable bonds is 9. The van der Waals surface area contributed by atoms with Gasteiger partial charge in [-0.15, -0.1) is 0 Å². The summed E-state index contributed by atoms with van der Waals surface area (Å²) in [5.74, 6) is -0.460. The molecule has 5 nitrogen and oxygen atoms in total. The molecule has 32 heavy (non-hydrogen) atoms. The smallest absolute Gasteiger partial charge is 0.253 e. The number of carbonyl (C=O) groups is 1. The minimum absolute atomic E-state index is 0.0590. The first-order chi connectivity index (χ1) is 15.3. The Bertz CT molecular complexity index is 911. The molecule has 0 aliphatic carbocycles. The van der Waals surface area contributed by atoms with Crippen LogP contribution in [0.5, 0.6) is 0 Å². The Morgan fingerprint density at radius 3 is 2.50 bits per heavy atom. The van der Waals surface area contributed by atoms with Crippen molar-refractivity contribution in [1.82, 2.24) is 15.9 Å². The largest absolute Gasteiger partial charge is 0.298 e. The molecule has 0 bridgehead atoms. The van der Waals surface area contributed by atoms with Gasteiger partial charge in [0.2, 0.25) is 0 Å². The van der Waals surface area contributed by atoms with E-state index in [1.165, 1.54) is 12.1 Å². The van der Waals surface area contributed by atoms with Crippen molar-refractivity contribution in [3.63, 3.8) is 0 Å². The number of amides is 1. The first kappa shape index (κ1) is 24.8. The molecule has 1 aliphatic rings. The van der Waals surface area contributed by atoms with E-state index in [9.17, 15) is 9.18 Å². The molecule has 1 heterocycles. The van der Waals surface area contributed by atoms with Gasteiger partial charge in [-0.05, 0) is 48.7 Å². The molecule has 2 aromatic rings. The van der Waals surface area contributed by atoms with Gasteiger partial charge in [0.25, 0.3) is 5.91 Å². The monoisotopic (exact) mass is 480 g/mol. The zero-order valence-electron chi connectivity index (χ0n) is 18.7. The molecule has 8 heteroatoms. The molecule has 0 saturated carbocycles. The van der Waals surface area contributed by atoms with Crippen molar-refractivity contribution < 1.29 is 9.18 Å². The highest BCUT2D eigenvalue weighted by molar-refractivity contribution is 6.36. The van der Waals surface area contributed by atoms with Crippen LogP contribution in [-0.2, 0) is 4.79 Å². The number of hydrogen-bond donors (Lipinski definition) is 2. The minimum atomic E-state index is -0.476. The standard InChI is InChI=1S/C24H31Cl2FN4O/c1-4-6-7-14-30(3)29-24(32)22-19(5-2)23(16-8-11-18(27)12-9-16)31(28-22)21-13-10-17(25)15-20(21)26/h8-13,15,19,22-23,28H,4-7,14H2,1-3H3,(H,29,32)/t19-,22?,23?/m1/s1. The quantitative estimate of drug-likeness (QED) is 0.354. The van der Waals surface area contributed by atoms with Gasteiger partial charge in [0.15, 0.2) is 0 Å². The summed E-state index contributed by atoms with van der Waals surface area (Å²) in [5, 5.41) is 4.77. The number of carbonyl (C=O) groups excluding carboxylic acids is 1. The predicted octanol–water partition coefficient (Wildman–Crippen LogP) is 5.75. The fraction of sp³-hybridized carbons (Fsp3) is 0.458. The van der Waals surface area contributed by atoms with Crippen LogP contribution in [0.1, 0.15) is 51.1 Å². The van der Waals surface area contributed by atoms with Crippen LogP contribution in [0, 0.1) is 11.7 Å². The van der Waals surface area contributed by atoms with E-state index in [2.05, 4.69) is 24.7 Å². The highest BCUT2D eigenvalue weighted by Gasteiger charge is 2.45. The lowest BCUT2D eigenvalue weighted by Gasteiger charge is -2.29. The molecule has 0 aromatic heterocycles. The van der Waals surface area contributed by atoms with Crippen molar-refractivity contribution in [2.45, 2.75) is 51.6 Å². The van der Waals surface area contributed by atoms with Gasteiger partial charge in [0.1, 0.15) is 11.9 Å². The minimum Gasteiger partial charge on any atom is -0.298 e. The number of nitrogens with one attached hydrogen (secondary N) is 2. The third kappa shape index (κ3) is 5.73. The van der Waals surface area contributed by atoms with Crippen LogP contribution < -0.4 is 15.9 Å². The second-order valence-electron chi connectivity index (χ2n) is 8.25. The number of hydrogen-bond acceptors (Lipinski definition) is 4. The average Bonchev–Trinajstić information content (AvgIpc) is 3.14. The maximum Gasteiger partial charge on any atom is 0.253 e. The van der Waals surface area contributed by atoms with Crippen LogP contribution in [0.15, 0.2) is 42.5 Å². The van der Waals surface area contributed by atoms with E-state index in [-0.39, 0.29) is 23.7 Å². The topological polar surface area (TPSA) is 47.6 Å². The fourth-order valence-electron chi connectivity index (χ4n) is 4.28. The zero-order valence-corrected chi connectivity index (χ0v) is 20.3. The molecular formula is C24H31Cl2FN4O. The highest BCUT2D eigenvalue weighted by atomic mass is 35.5. The molecule has 0 radical (unpaired) electrons. The Hall–Kier alpha value is -1.86. The maximum atomic E-state index is 13.6. The van der Waals surface area contributed by atoms with Crippen LogP contribution in [0.25, 0.3) is 0 Å². The van der Waals surface area contributed by atoms with Crippen molar-refractivity contribution in [2.75, 3.05) is 18.6 Å². The molecule has 2 unspecified atom stereocenters. The highest BCUT2D eigenvalue weighted by Crippen LogP contribution is 2.43. The number of unbranched alkanes of at least 4 members (excludes halogenated alkanes) is 2. The lowest BCUT2D eigenvalue weighted by molar-refractivity contribution is -0.128. The molecule has 1 amide bonds. The van der Waals surface area contributed by atoms with Gasteiger partial charge < -0.3 is 0 Å². The molecule has 2 N–H and O–H groups in total. The number of nitrogens with zero attached hydrogens (tertiary/aromatic N) is 2. The first-order valence-electron chi connectivity index (χ1n) is 11.1. The molecule has 174 valence electrons. The van der Waals surface area contributed by atoms with E-state index in [1.54, 1.807) is 24.3 Å². The Morgan fingerprint density at radius 2 is 1.88 bits per heavy atom. The average molecular weight is 481 g/mol. The summed E-state index contributed by atoms with van der Waals surface area (Å²) in [4.78, 5) is 13.2. The Labute approximate surface area is 199 Å². The second kappa shape index (κ2) is 11.3. The van der Waals surface area contributed by atoms with Crippen molar-refractivity contribution in [1.29, 1.82) is 0 Å². The van der Waals surface area contributed by atoms with Crippen LogP contribution in [0.4, 0.5) is 10.1 Å². The van der Waals surface area contributed by atoms with Crippen molar-refractivity contribution in [2.24, 2.45) is 5.92 Å². The number of anilines is 1. The predicted molar refractivity (Wildman–Crippen MR) is 129 cm³/mol. The normalized spacial score (nSPS) is 20.7. The van der Waals surface area contributed by atoms with Gasteiger partial charge in [0.05, 0.1) is 16.8 Å². The molecule has 3 atom stereocenters. The summed E-state index contributed by atoms with van der Waals surface area (Å²) >= 11 is 12.6. The molecule has 1 aliphatic heterocycles. The van der Waals surface area contributed by atoms with E-state index >= 15 is 0 Å². The van der Waals surface area contributed by atoms with Gasteiger partial charge in [-0.2, -0.15) is 0 Å². The van der Waals surface area contributed by atoms with Crippen LogP contribution in [0.2, 0.25) is 10.0 Å². The third-order valence-corrected chi connectivity index (χ3v) is 6.46. The first-order valence-corrected chi connectivity index (χ1v) is 11.9. The van der Waals surface area contributed by atoms with E-state index in [0.29, 0.717) is 10.0 Å². The number of halogens is 3. The van der Waals surface area contributed by atoms with E-state index in [0.717, 1.165) is 43.5 Å². The summed E-state index contributed by atoms with van der Waals surface area (Å²) in [7, 11) is 1.88. The molecule has 1 fully saturated rings. The number of hydrazine groups is 2. The molecular weight excluding hydrogens is 450 g/mol. The summed E-state index contributed by atoms with van der Waals surface area (Å²) in [6, 6.07) is 11.0. The van der Waals surface area contributed by atoms with E-state index in [1.807, 2.05) is 23.1 Å². The molecule has 1 saturated heterocycles. The Balaban J connectivity index is 1.91. The second-order valence-corrected chi connectivity index (χ2v) is 9.09. The van der Waals surface area contributed by atoms with Crippen molar-refractivity contribution in [3.8, 4) is 0 Å². The van der Waals surface area contributed by atoms with Crippen LogP contribution in [0.3, 0.4) is 0 Å². The van der Waals surface area contributed by atoms with Crippen LogP contribution >= 0.6 is 23.2 Å². The zero-order chi connectivity index (χ0) is 23.3. The molecule has 2 aromatic carbocycles. The molecule has 3 rings (SSSR count). The van der Waals surface area contributed by atoms with Gasteiger partial charge in [-0.25, -0.2) is 14.8 Å². The summed E-state index contributed by atoms with van der Waals surface area (Å²) in [6.07, 6.45) is 4.01. The van der Waals surface area contributed by atoms with Crippen molar-refractivity contribution in [3.05, 3.63) is 63.9 Å². The lowest BCUT2D eigenvalue weighted by atomic mass is 9.86. The lowest BCUT2D eigenvalue weighted by Crippen LogP contribution is -2.51. The van der Waals surface area contributed by atoms with E-state index in [4.69, 9.17) is 23.2 Å². The maximum absolute atomic E-state index is 13.6. The van der Waals surface area contributed by atoms with Gasteiger partial charge in [0, 0.05) is 24.5 Å². The molecule has 0 spiro atoms. The fourth-order valence-corrected chi connectivity index (χ4v) is 4.78. The SMILES string of the molecule is CCCCCN(C)NC(=O)C1NN(c2ccc(Cl)cc2Cl)C(c2ccc(F)cc2)[C@@H]1CC. The van der Waals surface area contributed by atoms with Crippen LogP contribution in [-0.4, -0.2) is 30.6 Å². The summed E-state index contributed by atoms with van der Waals surface area (Å²) in [5.41, 5.74) is 8.01. The van der Waals surface area contributed by atoms with Crippen molar-refractivity contribution >= 4 is 34.8 Å². The Kier molecular flexibility index (Phi) is 8.77. The number of benzene rings is 2.